The molecule has 0 radical (unpaired) electrons. The molecule has 0 spiro atoms. The molecule has 2 aromatic rings. The van der Waals surface area contributed by atoms with Gasteiger partial charge < -0.3 is 9.52 Å². The first-order valence-corrected chi connectivity index (χ1v) is 6.44. The van der Waals surface area contributed by atoms with E-state index in [0.717, 1.165) is 18.2 Å². The number of fused-ring (bicyclic) bond motifs is 1. The van der Waals surface area contributed by atoms with Crippen LogP contribution < -0.4 is 0 Å². The van der Waals surface area contributed by atoms with E-state index in [9.17, 15) is 5.11 Å². The number of hydrogen-bond donors (Lipinski definition) is 1. The molecule has 1 unspecified atom stereocenters. The van der Waals surface area contributed by atoms with E-state index in [1.807, 2.05) is 25.1 Å². The summed E-state index contributed by atoms with van der Waals surface area (Å²) in [5.41, 5.74) is -0.140. The van der Waals surface area contributed by atoms with E-state index in [-0.39, 0.29) is 0 Å². The van der Waals surface area contributed by atoms with Gasteiger partial charge in [0.25, 0.3) is 0 Å². The molecule has 0 bridgehead atoms. The minimum atomic E-state index is -0.817. The van der Waals surface area contributed by atoms with Gasteiger partial charge in [-0.2, -0.15) is 0 Å². The van der Waals surface area contributed by atoms with Crippen LogP contribution in [-0.2, 0) is 5.60 Å². The van der Waals surface area contributed by atoms with Gasteiger partial charge in [0, 0.05) is 5.39 Å². The monoisotopic (exact) mass is 250 g/mol. The van der Waals surface area contributed by atoms with Gasteiger partial charge in [0.05, 0.1) is 5.02 Å². The molecule has 1 atom stereocenters. The predicted molar refractivity (Wildman–Crippen MR) is 68.1 cm³/mol. The van der Waals surface area contributed by atoms with Crippen molar-refractivity contribution in [2.45, 2.75) is 31.8 Å². The molecule has 90 valence electrons. The fourth-order valence-corrected chi connectivity index (χ4v) is 2.69. The Morgan fingerprint density at radius 2 is 2.24 bits per heavy atom. The highest BCUT2D eigenvalue weighted by molar-refractivity contribution is 6.34. The molecule has 3 heteroatoms. The molecule has 1 aromatic heterocycles. The van der Waals surface area contributed by atoms with Gasteiger partial charge in [-0.05, 0) is 37.3 Å². The average Bonchev–Trinajstić information content (AvgIpc) is 3.08. The van der Waals surface area contributed by atoms with E-state index in [2.05, 4.69) is 0 Å². The second-order valence-corrected chi connectivity index (χ2v) is 5.23. The molecule has 1 aromatic carbocycles. The lowest BCUT2D eigenvalue weighted by Gasteiger charge is -2.23. The second-order valence-electron chi connectivity index (χ2n) is 4.82. The molecule has 1 heterocycles. The molecule has 1 saturated carbocycles. The number of para-hydroxylation sites is 1. The fourth-order valence-electron chi connectivity index (χ4n) is 2.47. The third-order valence-electron chi connectivity index (χ3n) is 3.71. The highest BCUT2D eigenvalue weighted by Crippen LogP contribution is 2.49. The van der Waals surface area contributed by atoms with Gasteiger partial charge in [0.15, 0.2) is 5.58 Å². The van der Waals surface area contributed by atoms with Crippen LogP contribution in [0.25, 0.3) is 11.0 Å². The van der Waals surface area contributed by atoms with Crippen LogP contribution in [0, 0.1) is 5.92 Å². The summed E-state index contributed by atoms with van der Waals surface area (Å²) in [7, 11) is 0. The Morgan fingerprint density at radius 1 is 1.47 bits per heavy atom. The van der Waals surface area contributed by atoms with Crippen LogP contribution in [0.2, 0.25) is 5.02 Å². The van der Waals surface area contributed by atoms with Crippen molar-refractivity contribution >= 4 is 22.6 Å². The highest BCUT2D eigenvalue weighted by Gasteiger charge is 2.46. The molecule has 0 amide bonds. The molecular formula is C14H15ClO2. The van der Waals surface area contributed by atoms with Gasteiger partial charge >= 0.3 is 0 Å². The summed E-state index contributed by atoms with van der Waals surface area (Å²) in [4.78, 5) is 0. The summed E-state index contributed by atoms with van der Waals surface area (Å²) < 4.78 is 5.77. The summed E-state index contributed by atoms with van der Waals surface area (Å²) >= 11 is 6.08. The van der Waals surface area contributed by atoms with E-state index in [0.29, 0.717) is 28.7 Å². The Bertz CT molecular complexity index is 556. The highest BCUT2D eigenvalue weighted by atomic mass is 35.5. The van der Waals surface area contributed by atoms with Crippen LogP contribution in [0.4, 0.5) is 0 Å². The van der Waals surface area contributed by atoms with Crippen molar-refractivity contribution in [2.75, 3.05) is 0 Å². The van der Waals surface area contributed by atoms with Crippen LogP contribution in [-0.4, -0.2) is 5.11 Å². The first-order valence-electron chi connectivity index (χ1n) is 6.06. The molecular weight excluding hydrogens is 236 g/mol. The summed E-state index contributed by atoms with van der Waals surface area (Å²) in [6, 6.07) is 7.58. The average molecular weight is 251 g/mol. The minimum absolute atomic E-state index is 0.340. The Labute approximate surface area is 105 Å². The maximum atomic E-state index is 10.7. The van der Waals surface area contributed by atoms with Crippen molar-refractivity contribution in [1.29, 1.82) is 0 Å². The SMILES string of the molecule is CCC(O)(c1cc2cccc(Cl)c2o1)C1CC1. The molecule has 1 N–H and O–H groups in total. The summed E-state index contributed by atoms with van der Waals surface area (Å²) in [5, 5.41) is 12.2. The number of furan rings is 1. The van der Waals surface area contributed by atoms with Gasteiger partial charge in [-0.15, -0.1) is 0 Å². The van der Waals surface area contributed by atoms with Gasteiger partial charge in [-0.1, -0.05) is 30.7 Å². The Hall–Kier alpha value is -0.990. The maximum absolute atomic E-state index is 10.7. The topological polar surface area (TPSA) is 33.4 Å². The summed E-state index contributed by atoms with van der Waals surface area (Å²) in [6.45, 7) is 1.99. The zero-order valence-corrected chi connectivity index (χ0v) is 10.5. The van der Waals surface area contributed by atoms with Gasteiger partial charge in [0.2, 0.25) is 0 Å². The molecule has 2 nitrogen and oxygen atoms in total. The largest absolute Gasteiger partial charge is 0.456 e. The number of aliphatic hydroxyl groups is 1. The van der Waals surface area contributed by atoms with Crippen LogP contribution in [0.15, 0.2) is 28.7 Å². The number of halogens is 1. The van der Waals surface area contributed by atoms with Crippen molar-refractivity contribution in [3.63, 3.8) is 0 Å². The Morgan fingerprint density at radius 3 is 2.82 bits per heavy atom. The van der Waals surface area contributed by atoms with Crippen LogP contribution in [0.1, 0.15) is 31.9 Å². The van der Waals surface area contributed by atoms with E-state index in [1.54, 1.807) is 6.07 Å². The lowest BCUT2D eigenvalue weighted by atomic mass is 9.91. The molecule has 0 saturated heterocycles. The zero-order chi connectivity index (χ0) is 12.0. The smallest absolute Gasteiger partial charge is 0.153 e. The van der Waals surface area contributed by atoms with Crippen LogP contribution in [0.3, 0.4) is 0 Å². The van der Waals surface area contributed by atoms with Crippen molar-refractivity contribution < 1.29 is 9.52 Å². The normalized spacial score (nSPS) is 19.5. The van der Waals surface area contributed by atoms with Crippen molar-refractivity contribution in [2.24, 2.45) is 5.92 Å². The number of hydrogen-bond acceptors (Lipinski definition) is 2. The van der Waals surface area contributed by atoms with Crippen molar-refractivity contribution in [1.82, 2.24) is 0 Å². The maximum Gasteiger partial charge on any atom is 0.153 e. The zero-order valence-electron chi connectivity index (χ0n) is 9.74. The Kier molecular flexibility index (Phi) is 2.46. The van der Waals surface area contributed by atoms with Crippen LogP contribution in [0.5, 0.6) is 0 Å². The first kappa shape index (κ1) is 11.1. The third kappa shape index (κ3) is 1.67. The van der Waals surface area contributed by atoms with Gasteiger partial charge in [-0.3, -0.25) is 0 Å². The standard InChI is InChI=1S/C14H15ClO2/c1-2-14(16,10-6-7-10)12-8-9-4-3-5-11(15)13(9)17-12/h3-5,8,10,16H,2,6-7H2,1H3. The lowest BCUT2D eigenvalue weighted by Crippen LogP contribution is -2.26. The lowest BCUT2D eigenvalue weighted by molar-refractivity contribution is -0.0103. The quantitative estimate of drug-likeness (QED) is 0.890. The molecule has 0 aliphatic heterocycles. The fraction of sp³-hybridized carbons (Fsp3) is 0.429. The summed E-state index contributed by atoms with van der Waals surface area (Å²) in [6.07, 6.45) is 2.83. The van der Waals surface area contributed by atoms with Crippen molar-refractivity contribution in [3.8, 4) is 0 Å². The van der Waals surface area contributed by atoms with E-state index < -0.39 is 5.60 Å². The van der Waals surface area contributed by atoms with E-state index in [4.69, 9.17) is 16.0 Å². The molecule has 1 fully saturated rings. The molecule has 1 aliphatic carbocycles. The molecule has 1 aliphatic rings. The Balaban J connectivity index is 2.14. The van der Waals surface area contributed by atoms with E-state index in [1.165, 1.54) is 0 Å². The molecule has 17 heavy (non-hydrogen) atoms. The number of rotatable bonds is 3. The van der Waals surface area contributed by atoms with Gasteiger partial charge in [0.1, 0.15) is 11.4 Å². The summed E-state index contributed by atoms with van der Waals surface area (Å²) in [5.74, 6) is 0.998. The molecule has 3 rings (SSSR count). The van der Waals surface area contributed by atoms with E-state index >= 15 is 0 Å². The van der Waals surface area contributed by atoms with Crippen molar-refractivity contribution in [3.05, 3.63) is 35.0 Å². The predicted octanol–water partition coefficient (Wildman–Crippen LogP) is 4.09. The van der Waals surface area contributed by atoms with Gasteiger partial charge in [-0.25, -0.2) is 0 Å². The van der Waals surface area contributed by atoms with Crippen LogP contribution >= 0.6 is 11.6 Å². The number of benzene rings is 1. The second kappa shape index (κ2) is 3.76. The first-order chi connectivity index (χ1) is 8.15. The third-order valence-corrected chi connectivity index (χ3v) is 4.01. The minimum Gasteiger partial charge on any atom is -0.456 e.